The number of anilines is 3. The molecule has 0 radical (unpaired) electrons. The van der Waals surface area contributed by atoms with Crippen LogP contribution in [0.25, 0.3) is 10.2 Å². The van der Waals surface area contributed by atoms with E-state index in [9.17, 15) is 22.8 Å². The fourth-order valence-corrected chi connectivity index (χ4v) is 4.24. The van der Waals surface area contributed by atoms with E-state index in [1.807, 2.05) is 19.0 Å². The molecule has 1 aromatic heterocycles. The standard InChI is InChI=1S/C25H21F3N4O2S/c1-14-7-9-18(29-22(33)15-5-4-6-17(11-15)25(26,27)28)13-20(14)30-23(34)16-8-10-19-21(12-16)35-24(31-19)32(2)3/h4-13H,1-3H3,(H,29,33)(H,30,34). The van der Waals surface area contributed by atoms with Crippen LogP contribution in [0.4, 0.5) is 29.7 Å². The number of benzene rings is 3. The number of nitrogens with zero attached hydrogens (tertiary/aromatic N) is 2. The number of aryl methyl sites for hydroxylation is 1. The molecule has 180 valence electrons. The molecular weight excluding hydrogens is 477 g/mol. The van der Waals surface area contributed by atoms with E-state index in [0.717, 1.165) is 33.0 Å². The van der Waals surface area contributed by atoms with Crippen LogP contribution < -0.4 is 15.5 Å². The first-order valence-electron chi connectivity index (χ1n) is 10.5. The zero-order valence-corrected chi connectivity index (χ0v) is 19.8. The normalized spacial score (nSPS) is 11.4. The maximum atomic E-state index is 13.0. The summed E-state index contributed by atoms with van der Waals surface area (Å²) < 4.78 is 39.8. The van der Waals surface area contributed by atoms with E-state index in [2.05, 4.69) is 15.6 Å². The van der Waals surface area contributed by atoms with Crippen molar-refractivity contribution in [2.24, 2.45) is 0 Å². The molecule has 0 atom stereocenters. The first-order chi connectivity index (χ1) is 16.5. The Morgan fingerprint density at radius 1 is 0.914 bits per heavy atom. The first kappa shape index (κ1) is 24.2. The molecule has 0 aliphatic heterocycles. The third-order valence-corrected chi connectivity index (χ3v) is 6.40. The molecular formula is C25H21F3N4O2S. The Labute approximate surface area is 203 Å². The number of carbonyl (C=O) groups excluding carboxylic acids is 2. The lowest BCUT2D eigenvalue weighted by atomic mass is 10.1. The zero-order valence-electron chi connectivity index (χ0n) is 19.0. The van der Waals surface area contributed by atoms with Crippen LogP contribution in [0, 0.1) is 6.92 Å². The van der Waals surface area contributed by atoms with Gasteiger partial charge in [0.15, 0.2) is 5.13 Å². The Bertz CT molecular complexity index is 1430. The van der Waals surface area contributed by atoms with Crippen molar-refractivity contribution in [1.29, 1.82) is 0 Å². The number of nitrogens with one attached hydrogen (secondary N) is 2. The third-order valence-electron chi connectivity index (χ3n) is 5.22. The number of fused-ring (bicyclic) bond motifs is 1. The molecule has 0 aliphatic carbocycles. The first-order valence-corrected chi connectivity index (χ1v) is 11.3. The molecule has 0 aliphatic rings. The molecule has 0 saturated carbocycles. The van der Waals surface area contributed by atoms with Crippen LogP contribution in [0.1, 0.15) is 31.8 Å². The second kappa shape index (κ2) is 9.38. The van der Waals surface area contributed by atoms with Gasteiger partial charge in [-0.1, -0.05) is 23.5 Å². The van der Waals surface area contributed by atoms with Crippen LogP contribution in [-0.4, -0.2) is 30.9 Å². The van der Waals surface area contributed by atoms with Gasteiger partial charge in [0.25, 0.3) is 11.8 Å². The van der Waals surface area contributed by atoms with Crippen molar-refractivity contribution in [3.05, 3.63) is 82.9 Å². The van der Waals surface area contributed by atoms with Crippen LogP contribution >= 0.6 is 11.3 Å². The van der Waals surface area contributed by atoms with E-state index in [1.165, 1.54) is 23.5 Å². The van der Waals surface area contributed by atoms with Crippen molar-refractivity contribution in [2.75, 3.05) is 29.6 Å². The monoisotopic (exact) mass is 498 g/mol. The second-order valence-corrected chi connectivity index (χ2v) is 9.10. The molecule has 2 amide bonds. The number of rotatable bonds is 5. The number of thiazole rings is 1. The van der Waals surface area contributed by atoms with E-state index in [-0.39, 0.29) is 11.5 Å². The summed E-state index contributed by atoms with van der Waals surface area (Å²) in [7, 11) is 3.79. The van der Waals surface area contributed by atoms with Crippen LogP contribution in [0.5, 0.6) is 0 Å². The fourth-order valence-electron chi connectivity index (χ4n) is 3.31. The Morgan fingerprint density at radius 2 is 1.63 bits per heavy atom. The highest BCUT2D eigenvalue weighted by atomic mass is 32.1. The van der Waals surface area contributed by atoms with Gasteiger partial charge in [0, 0.05) is 36.6 Å². The van der Waals surface area contributed by atoms with E-state index < -0.39 is 17.6 Å². The Hall–Kier alpha value is -3.92. The molecule has 0 saturated heterocycles. The molecule has 35 heavy (non-hydrogen) atoms. The van der Waals surface area contributed by atoms with Crippen molar-refractivity contribution >= 4 is 49.9 Å². The number of carbonyl (C=O) groups is 2. The van der Waals surface area contributed by atoms with Gasteiger partial charge in [-0.2, -0.15) is 13.2 Å². The van der Waals surface area contributed by atoms with Gasteiger partial charge in [0.05, 0.1) is 15.8 Å². The number of halogens is 3. The van der Waals surface area contributed by atoms with Crippen molar-refractivity contribution in [3.8, 4) is 0 Å². The molecule has 4 rings (SSSR count). The Balaban J connectivity index is 1.52. The van der Waals surface area contributed by atoms with E-state index in [4.69, 9.17) is 0 Å². The summed E-state index contributed by atoms with van der Waals surface area (Å²) in [5.74, 6) is -1.03. The summed E-state index contributed by atoms with van der Waals surface area (Å²) in [6.07, 6.45) is -4.55. The van der Waals surface area contributed by atoms with Crippen molar-refractivity contribution in [2.45, 2.75) is 13.1 Å². The quantitative estimate of drug-likeness (QED) is 0.344. The molecule has 0 fully saturated rings. The summed E-state index contributed by atoms with van der Waals surface area (Å²) in [6.45, 7) is 1.80. The van der Waals surface area contributed by atoms with Gasteiger partial charge >= 0.3 is 6.18 Å². The summed E-state index contributed by atoms with van der Waals surface area (Å²) in [5, 5.41) is 6.26. The minimum atomic E-state index is -4.55. The highest BCUT2D eigenvalue weighted by Gasteiger charge is 2.30. The molecule has 0 bridgehead atoms. The van der Waals surface area contributed by atoms with Gasteiger partial charge in [-0.3, -0.25) is 9.59 Å². The summed E-state index contributed by atoms with van der Waals surface area (Å²) in [5.41, 5.74) is 1.77. The molecule has 1 heterocycles. The van der Waals surface area contributed by atoms with Crippen LogP contribution in [0.15, 0.2) is 60.7 Å². The van der Waals surface area contributed by atoms with Gasteiger partial charge < -0.3 is 15.5 Å². The average molecular weight is 499 g/mol. The maximum absolute atomic E-state index is 13.0. The summed E-state index contributed by atoms with van der Waals surface area (Å²) in [6, 6.07) is 14.3. The molecule has 2 N–H and O–H groups in total. The summed E-state index contributed by atoms with van der Waals surface area (Å²) >= 11 is 1.47. The summed E-state index contributed by atoms with van der Waals surface area (Å²) in [4.78, 5) is 31.8. The van der Waals surface area contributed by atoms with Gasteiger partial charge in [0.2, 0.25) is 0 Å². The maximum Gasteiger partial charge on any atom is 0.416 e. The van der Waals surface area contributed by atoms with Crippen LogP contribution in [-0.2, 0) is 6.18 Å². The average Bonchev–Trinajstić information content (AvgIpc) is 3.24. The van der Waals surface area contributed by atoms with E-state index in [0.29, 0.717) is 16.9 Å². The highest BCUT2D eigenvalue weighted by Crippen LogP contribution is 2.31. The largest absolute Gasteiger partial charge is 0.416 e. The number of hydrogen-bond donors (Lipinski definition) is 2. The van der Waals surface area contributed by atoms with Gasteiger partial charge in [-0.25, -0.2) is 4.98 Å². The predicted octanol–water partition coefficient (Wildman–Crippen LogP) is 6.19. The van der Waals surface area contributed by atoms with Crippen molar-refractivity contribution in [3.63, 3.8) is 0 Å². The lowest BCUT2D eigenvalue weighted by Gasteiger charge is -2.13. The Kier molecular flexibility index (Phi) is 6.49. The van der Waals surface area contributed by atoms with Gasteiger partial charge in [-0.05, 0) is 61.0 Å². The second-order valence-electron chi connectivity index (χ2n) is 8.09. The molecule has 0 spiro atoms. The van der Waals surface area contributed by atoms with Crippen LogP contribution in [0.3, 0.4) is 0 Å². The number of amides is 2. The van der Waals surface area contributed by atoms with Gasteiger partial charge in [-0.15, -0.1) is 0 Å². The third kappa shape index (κ3) is 5.43. The number of aromatic nitrogens is 1. The molecule has 3 aromatic carbocycles. The van der Waals surface area contributed by atoms with Crippen molar-refractivity contribution in [1.82, 2.24) is 4.98 Å². The van der Waals surface area contributed by atoms with E-state index in [1.54, 1.807) is 43.3 Å². The molecule has 10 heteroatoms. The Morgan fingerprint density at radius 3 is 2.34 bits per heavy atom. The minimum absolute atomic E-state index is 0.124. The lowest BCUT2D eigenvalue weighted by Crippen LogP contribution is -2.15. The highest BCUT2D eigenvalue weighted by molar-refractivity contribution is 7.22. The molecule has 0 unspecified atom stereocenters. The molecule has 6 nitrogen and oxygen atoms in total. The lowest BCUT2D eigenvalue weighted by molar-refractivity contribution is -0.137. The minimum Gasteiger partial charge on any atom is -0.354 e. The van der Waals surface area contributed by atoms with E-state index >= 15 is 0 Å². The zero-order chi connectivity index (χ0) is 25.3. The fraction of sp³-hybridized carbons (Fsp3) is 0.160. The number of hydrogen-bond acceptors (Lipinski definition) is 5. The smallest absolute Gasteiger partial charge is 0.354 e. The van der Waals surface area contributed by atoms with Gasteiger partial charge in [0.1, 0.15) is 0 Å². The predicted molar refractivity (Wildman–Crippen MR) is 132 cm³/mol. The number of alkyl halides is 3. The van der Waals surface area contributed by atoms with Crippen molar-refractivity contribution < 1.29 is 22.8 Å². The topological polar surface area (TPSA) is 74.3 Å². The van der Waals surface area contributed by atoms with Crippen LogP contribution in [0.2, 0.25) is 0 Å². The molecule has 4 aromatic rings. The SMILES string of the molecule is Cc1ccc(NC(=O)c2cccc(C(F)(F)F)c2)cc1NC(=O)c1ccc2nc(N(C)C)sc2c1.